The third kappa shape index (κ3) is 13.8. The number of hydroxylamine groups is 1. The topological polar surface area (TPSA) is 199 Å². The number of hydrazine groups is 1. The second kappa shape index (κ2) is 18.9. The summed E-state index contributed by atoms with van der Waals surface area (Å²) in [5.74, 6) is -3.40. The van der Waals surface area contributed by atoms with E-state index in [1.54, 1.807) is 23.7 Å². The minimum Gasteiger partial charge on any atom is -0.394 e. The van der Waals surface area contributed by atoms with Gasteiger partial charge in [0, 0.05) is 6.54 Å². The number of aliphatic hydroxyl groups excluding tert-OH is 1. The van der Waals surface area contributed by atoms with Gasteiger partial charge in [-0.15, -0.1) is 0 Å². The Morgan fingerprint density at radius 2 is 1.52 bits per heavy atom. The molecule has 2 aromatic rings. The number of nitrogens with zero attached hydrogens (tertiary/aromatic N) is 1. The maximum atomic E-state index is 13.3. The number of hydrogen-bond donors (Lipinski definition) is 6. The van der Waals surface area contributed by atoms with Crippen LogP contribution in [0.25, 0.3) is 6.08 Å². The fraction of sp³-hybridized carbons (Fsp3) is 0.452. The number of rotatable bonds is 13. The minimum absolute atomic E-state index is 0.0223. The number of carbonyl (C=O) groups is 3. The van der Waals surface area contributed by atoms with Gasteiger partial charge >= 0.3 is 0 Å². The van der Waals surface area contributed by atoms with Crippen molar-refractivity contribution in [2.75, 3.05) is 13.2 Å². The molecule has 0 aliphatic rings. The van der Waals surface area contributed by atoms with Gasteiger partial charge in [-0.3, -0.25) is 34.6 Å². The van der Waals surface area contributed by atoms with E-state index in [-0.39, 0.29) is 29.7 Å². The van der Waals surface area contributed by atoms with Gasteiger partial charge in [-0.1, -0.05) is 87.9 Å². The zero-order chi connectivity index (χ0) is 33.4. The SMILES string of the molecule is CC(C)C[C@@H](C(=O)NN(CC(C)C)C(=O)[C@@H](N)CO)[C@H](C/C=C/c1ccccc1)C(=O)NO.Cc1ccc(S(=O)(=O)O)cc1. The second-order valence-electron chi connectivity index (χ2n) is 11.3. The quantitative estimate of drug-likeness (QED) is 0.109. The van der Waals surface area contributed by atoms with Crippen molar-refractivity contribution in [3.05, 3.63) is 71.8 Å². The molecule has 0 saturated carbocycles. The predicted molar refractivity (Wildman–Crippen MR) is 167 cm³/mol. The first-order valence-corrected chi connectivity index (χ1v) is 15.7. The highest BCUT2D eigenvalue weighted by Crippen LogP contribution is 2.26. The van der Waals surface area contributed by atoms with E-state index in [9.17, 15) is 33.1 Å². The average Bonchev–Trinajstić information content (AvgIpc) is 2.97. The molecule has 0 fully saturated rings. The van der Waals surface area contributed by atoms with Crippen molar-refractivity contribution in [1.29, 1.82) is 0 Å². The molecule has 0 aliphatic carbocycles. The molecule has 0 saturated heterocycles. The molecular formula is C31H46N4O8S. The Bertz CT molecular complexity index is 1320. The van der Waals surface area contributed by atoms with Crippen LogP contribution in [0.3, 0.4) is 0 Å². The van der Waals surface area contributed by atoms with E-state index in [0.717, 1.165) is 16.1 Å². The molecule has 44 heavy (non-hydrogen) atoms. The lowest BCUT2D eigenvalue weighted by atomic mass is 9.82. The van der Waals surface area contributed by atoms with E-state index in [0.29, 0.717) is 6.42 Å². The Morgan fingerprint density at radius 3 is 2.00 bits per heavy atom. The zero-order valence-electron chi connectivity index (χ0n) is 25.9. The molecule has 0 aromatic heterocycles. The molecular weight excluding hydrogens is 588 g/mol. The summed E-state index contributed by atoms with van der Waals surface area (Å²) < 4.78 is 29.6. The van der Waals surface area contributed by atoms with Gasteiger partial charge in [-0.05, 0) is 49.3 Å². The van der Waals surface area contributed by atoms with Crippen molar-refractivity contribution in [3.63, 3.8) is 0 Å². The maximum absolute atomic E-state index is 13.3. The highest BCUT2D eigenvalue weighted by molar-refractivity contribution is 7.85. The van der Waals surface area contributed by atoms with Crippen molar-refractivity contribution in [1.82, 2.24) is 15.9 Å². The van der Waals surface area contributed by atoms with Crippen LogP contribution in [0.15, 0.2) is 65.6 Å². The Balaban J connectivity index is 0.000000733. The predicted octanol–water partition coefficient (Wildman–Crippen LogP) is 2.95. The van der Waals surface area contributed by atoms with Crippen LogP contribution in [0.4, 0.5) is 0 Å². The summed E-state index contributed by atoms with van der Waals surface area (Å²) in [7, 11) is -4.02. The van der Waals surface area contributed by atoms with Crippen LogP contribution in [0, 0.1) is 30.6 Å². The van der Waals surface area contributed by atoms with Gasteiger partial charge in [0.15, 0.2) is 0 Å². The van der Waals surface area contributed by atoms with E-state index < -0.39 is 52.3 Å². The average molecular weight is 635 g/mol. The molecule has 3 amide bonds. The third-order valence-electron chi connectivity index (χ3n) is 6.39. The van der Waals surface area contributed by atoms with E-state index in [4.69, 9.17) is 10.3 Å². The molecule has 0 bridgehead atoms. The lowest BCUT2D eigenvalue weighted by Crippen LogP contribution is -2.56. The van der Waals surface area contributed by atoms with Gasteiger partial charge in [0.2, 0.25) is 11.8 Å². The van der Waals surface area contributed by atoms with Crippen LogP contribution in [0.1, 0.15) is 51.7 Å². The van der Waals surface area contributed by atoms with Gasteiger partial charge in [0.1, 0.15) is 6.04 Å². The number of benzene rings is 2. The standard InChI is InChI=1S/C24H38N4O5.C7H8O3S/c1-16(2)13-20(22(30)26-28(14-17(3)4)24(32)21(25)15-29)19(23(31)27-33)12-8-11-18-9-6-5-7-10-18;1-6-2-4-7(5-3-6)11(8,9)10/h5-11,16-17,19-21,29,33H,12-15,25H2,1-4H3,(H,26,30)(H,27,31);2-5H,1H3,(H,8,9,10)/b11-8+;/t19-,20+,21-;/m0./s1. The Hall–Kier alpha value is -3.62. The fourth-order valence-electron chi connectivity index (χ4n) is 4.17. The molecule has 0 heterocycles. The first kappa shape index (κ1) is 38.4. The first-order valence-electron chi connectivity index (χ1n) is 14.3. The number of allylic oxidation sites excluding steroid dienone is 1. The van der Waals surface area contributed by atoms with Crippen molar-refractivity contribution in [3.8, 4) is 0 Å². The first-order chi connectivity index (χ1) is 20.6. The molecule has 0 unspecified atom stereocenters. The number of nitrogens with one attached hydrogen (secondary N) is 2. The normalized spacial score (nSPS) is 13.5. The van der Waals surface area contributed by atoms with Crippen LogP contribution in [0.5, 0.6) is 0 Å². The fourth-order valence-corrected chi connectivity index (χ4v) is 4.65. The van der Waals surface area contributed by atoms with E-state index in [1.165, 1.54) is 12.1 Å². The summed E-state index contributed by atoms with van der Waals surface area (Å²) >= 11 is 0. The van der Waals surface area contributed by atoms with E-state index in [2.05, 4.69) is 5.43 Å². The summed E-state index contributed by atoms with van der Waals surface area (Å²) in [6, 6.07) is 14.3. The molecule has 7 N–H and O–H groups in total. The molecule has 0 radical (unpaired) electrons. The number of aliphatic hydroxyl groups is 1. The van der Waals surface area contributed by atoms with Crippen molar-refractivity contribution < 1.29 is 37.7 Å². The molecule has 244 valence electrons. The summed E-state index contributed by atoms with van der Waals surface area (Å²) in [6.07, 6.45) is 4.20. The Morgan fingerprint density at radius 1 is 0.932 bits per heavy atom. The van der Waals surface area contributed by atoms with E-state index >= 15 is 0 Å². The molecule has 0 aliphatic heterocycles. The van der Waals surface area contributed by atoms with Crippen LogP contribution >= 0.6 is 0 Å². The largest absolute Gasteiger partial charge is 0.394 e. The maximum Gasteiger partial charge on any atom is 0.294 e. The van der Waals surface area contributed by atoms with Crippen molar-refractivity contribution in [2.45, 2.75) is 58.4 Å². The van der Waals surface area contributed by atoms with Crippen LogP contribution < -0.4 is 16.6 Å². The number of nitrogens with two attached hydrogens (primary N) is 1. The Labute approximate surface area is 260 Å². The van der Waals surface area contributed by atoms with Crippen LogP contribution in [-0.4, -0.2) is 65.2 Å². The summed E-state index contributed by atoms with van der Waals surface area (Å²) in [6.45, 7) is 9.07. The van der Waals surface area contributed by atoms with Crippen LogP contribution in [0.2, 0.25) is 0 Å². The monoisotopic (exact) mass is 634 g/mol. The molecule has 2 aromatic carbocycles. The molecule has 3 atom stereocenters. The smallest absolute Gasteiger partial charge is 0.294 e. The summed E-state index contributed by atoms with van der Waals surface area (Å²) in [4.78, 5) is 38.3. The lowest BCUT2D eigenvalue weighted by molar-refractivity contribution is -0.148. The van der Waals surface area contributed by atoms with Crippen LogP contribution in [-0.2, 0) is 24.5 Å². The highest BCUT2D eigenvalue weighted by atomic mass is 32.2. The highest BCUT2D eigenvalue weighted by Gasteiger charge is 2.35. The number of carbonyl (C=O) groups excluding carboxylic acids is 3. The lowest BCUT2D eigenvalue weighted by Gasteiger charge is -2.31. The minimum atomic E-state index is -4.02. The van der Waals surface area contributed by atoms with Gasteiger partial charge in [-0.25, -0.2) is 5.48 Å². The zero-order valence-corrected chi connectivity index (χ0v) is 26.7. The van der Waals surface area contributed by atoms with E-state index in [1.807, 2.05) is 71.0 Å². The summed E-state index contributed by atoms with van der Waals surface area (Å²) in [5.41, 5.74) is 11.9. The Kier molecular flexibility index (Phi) is 16.5. The molecule has 0 spiro atoms. The molecule has 12 nitrogen and oxygen atoms in total. The summed E-state index contributed by atoms with van der Waals surface area (Å²) in [5, 5.41) is 19.7. The second-order valence-corrected chi connectivity index (χ2v) is 12.7. The number of hydrogen-bond acceptors (Lipinski definition) is 8. The molecule has 2 rings (SSSR count). The molecule has 13 heteroatoms. The van der Waals surface area contributed by atoms with Crippen molar-refractivity contribution >= 4 is 33.9 Å². The van der Waals surface area contributed by atoms with Gasteiger partial charge in [0.25, 0.3) is 16.0 Å². The number of amides is 3. The van der Waals surface area contributed by atoms with Gasteiger partial charge in [-0.2, -0.15) is 8.42 Å². The van der Waals surface area contributed by atoms with Gasteiger partial charge in [0.05, 0.1) is 23.3 Å². The van der Waals surface area contributed by atoms with Gasteiger partial charge < -0.3 is 10.8 Å². The number of aryl methyl sites for hydroxylation is 1. The third-order valence-corrected chi connectivity index (χ3v) is 7.25. The van der Waals surface area contributed by atoms with Crippen molar-refractivity contribution in [2.24, 2.45) is 29.4 Å².